The number of rotatable bonds is 2. The van der Waals surface area contributed by atoms with Crippen LogP contribution in [0.4, 0.5) is 5.69 Å². The standard InChI is InChI=1S/C9H9Cl2NO2S/c10-9(11)15(13,14)12-6-5-7-3-1-2-4-8(7)12/h1-4,9H,5-6H2. The summed E-state index contributed by atoms with van der Waals surface area (Å²) in [5, 5.41) is 0. The van der Waals surface area contributed by atoms with Crippen LogP contribution in [0.2, 0.25) is 0 Å². The molecule has 0 aromatic heterocycles. The van der Waals surface area contributed by atoms with E-state index in [1.54, 1.807) is 12.1 Å². The molecule has 82 valence electrons. The van der Waals surface area contributed by atoms with Crippen LogP contribution in [0.25, 0.3) is 0 Å². The van der Waals surface area contributed by atoms with Crippen molar-refractivity contribution in [2.75, 3.05) is 10.8 Å². The van der Waals surface area contributed by atoms with Gasteiger partial charge in [0.1, 0.15) is 0 Å². The smallest absolute Gasteiger partial charge is 0.266 e. The third-order valence-corrected chi connectivity index (χ3v) is 5.17. The molecule has 0 unspecified atom stereocenters. The molecule has 2 rings (SSSR count). The summed E-state index contributed by atoms with van der Waals surface area (Å²) in [4.78, 5) is 0. The predicted molar refractivity (Wildman–Crippen MR) is 61.9 cm³/mol. The van der Waals surface area contributed by atoms with Crippen molar-refractivity contribution in [3.8, 4) is 0 Å². The van der Waals surface area contributed by atoms with E-state index < -0.39 is 14.2 Å². The number of benzene rings is 1. The Morgan fingerprint density at radius 1 is 1.27 bits per heavy atom. The SMILES string of the molecule is O=S(=O)(C(Cl)Cl)N1CCc2ccccc21. The molecule has 0 aliphatic carbocycles. The van der Waals surface area contributed by atoms with E-state index in [9.17, 15) is 8.42 Å². The molecule has 1 aromatic rings. The summed E-state index contributed by atoms with van der Waals surface area (Å²) in [6.45, 7) is 0.414. The van der Waals surface area contributed by atoms with Crippen molar-refractivity contribution in [3.05, 3.63) is 29.8 Å². The van der Waals surface area contributed by atoms with Crippen LogP contribution in [0.3, 0.4) is 0 Å². The van der Waals surface area contributed by atoms with E-state index in [1.165, 1.54) is 4.31 Å². The summed E-state index contributed by atoms with van der Waals surface area (Å²) in [5.74, 6) is 0. The highest BCUT2D eigenvalue weighted by Crippen LogP contribution is 2.32. The fourth-order valence-corrected chi connectivity index (χ4v) is 3.24. The largest absolute Gasteiger partial charge is 0.267 e. The van der Waals surface area contributed by atoms with Crippen LogP contribution in [-0.4, -0.2) is 19.1 Å². The molecule has 0 amide bonds. The maximum Gasteiger partial charge on any atom is 0.266 e. The Labute approximate surface area is 98.6 Å². The molecule has 0 bridgehead atoms. The quantitative estimate of drug-likeness (QED) is 0.769. The summed E-state index contributed by atoms with van der Waals surface area (Å²) in [5.41, 5.74) is 1.69. The summed E-state index contributed by atoms with van der Waals surface area (Å²) < 4.78 is 23.4. The lowest BCUT2D eigenvalue weighted by Crippen LogP contribution is -2.33. The molecular formula is C9H9Cl2NO2S. The number of fused-ring (bicyclic) bond motifs is 1. The van der Waals surface area contributed by atoms with Gasteiger partial charge in [-0.2, -0.15) is 0 Å². The Morgan fingerprint density at radius 2 is 1.93 bits per heavy atom. The summed E-state index contributed by atoms with van der Waals surface area (Å²) in [7, 11) is -3.63. The molecule has 3 nitrogen and oxygen atoms in total. The second-order valence-electron chi connectivity index (χ2n) is 3.26. The van der Waals surface area contributed by atoms with Crippen molar-refractivity contribution in [3.63, 3.8) is 0 Å². The molecule has 0 atom stereocenters. The first-order valence-electron chi connectivity index (χ1n) is 4.41. The van der Waals surface area contributed by atoms with E-state index in [0.29, 0.717) is 18.7 Å². The number of anilines is 1. The first kappa shape index (κ1) is 11.0. The fraction of sp³-hybridized carbons (Fsp3) is 0.333. The topological polar surface area (TPSA) is 37.4 Å². The first-order chi connectivity index (χ1) is 7.03. The van der Waals surface area contributed by atoms with Crippen LogP contribution in [-0.2, 0) is 16.4 Å². The number of alkyl halides is 2. The van der Waals surface area contributed by atoms with Crippen molar-refractivity contribution in [2.24, 2.45) is 0 Å². The Hall–Kier alpha value is -0.450. The van der Waals surface area contributed by atoms with E-state index in [0.717, 1.165) is 5.56 Å². The third kappa shape index (κ3) is 1.82. The number of para-hydroxylation sites is 1. The Bertz CT molecular complexity index is 473. The van der Waals surface area contributed by atoms with Crippen molar-refractivity contribution in [1.29, 1.82) is 0 Å². The van der Waals surface area contributed by atoms with Gasteiger partial charge in [-0.05, 0) is 18.1 Å². The molecule has 6 heteroatoms. The van der Waals surface area contributed by atoms with Crippen LogP contribution in [0, 0.1) is 0 Å². The Morgan fingerprint density at radius 3 is 2.60 bits per heavy atom. The monoisotopic (exact) mass is 265 g/mol. The average Bonchev–Trinajstić information content (AvgIpc) is 2.61. The predicted octanol–water partition coefficient (Wildman–Crippen LogP) is 2.14. The van der Waals surface area contributed by atoms with Gasteiger partial charge in [0.05, 0.1) is 5.69 Å². The van der Waals surface area contributed by atoms with E-state index in [-0.39, 0.29) is 0 Å². The molecule has 0 saturated carbocycles. The maximum absolute atomic E-state index is 11.8. The highest BCUT2D eigenvalue weighted by atomic mass is 35.5. The van der Waals surface area contributed by atoms with Gasteiger partial charge in [-0.1, -0.05) is 41.4 Å². The van der Waals surface area contributed by atoms with Crippen LogP contribution >= 0.6 is 23.2 Å². The second-order valence-corrected chi connectivity index (χ2v) is 6.81. The molecule has 1 aliphatic heterocycles. The third-order valence-electron chi connectivity index (χ3n) is 2.38. The molecule has 1 heterocycles. The molecule has 0 spiro atoms. The first-order valence-corrected chi connectivity index (χ1v) is 6.78. The van der Waals surface area contributed by atoms with Crippen molar-refractivity contribution >= 4 is 38.9 Å². The minimum absolute atomic E-state index is 0.414. The number of hydrogen-bond acceptors (Lipinski definition) is 2. The second kappa shape index (κ2) is 3.85. The van der Waals surface area contributed by atoms with Gasteiger partial charge in [-0.25, -0.2) is 8.42 Å². The molecule has 15 heavy (non-hydrogen) atoms. The zero-order valence-electron chi connectivity index (χ0n) is 7.73. The Kier molecular flexibility index (Phi) is 2.83. The van der Waals surface area contributed by atoms with Gasteiger partial charge in [-0.15, -0.1) is 0 Å². The average molecular weight is 266 g/mol. The van der Waals surface area contributed by atoms with E-state index >= 15 is 0 Å². The zero-order valence-corrected chi connectivity index (χ0v) is 10.1. The van der Waals surface area contributed by atoms with E-state index in [4.69, 9.17) is 23.2 Å². The molecule has 0 fully saturated rings. The zero-order chi connectivity index (χ0) is 11.1. The van der Waals surface area contributed by atoms with Crippen molar-refractivity contribution < 1.29 is 8.42 Å². The summed E-state index contributed by atoms with van der Waals surface area (Å²) in [6, 6.07) is 7.34. The van der Waals surface area contributed by atoms with Crippen molar-refractivity contribution in [2.45, 2.75) is 10.6 Å². The van der Waals surface area contributed by atoms with Crippen LogP contribution in [0.15, 0.2) is 24.3 Å². The van der Waals surface area contributed by atoms with Crippen LogP contribution in [0.1, 0.15) is 5.56 Å². The normalized spacial score (nSPS) is 15.8. The van der Waals surface area contributed by atoms with Crippen molar-refractivity contribution in [1.82, 2.24) is 0 Å². The summed E-state index contributed by atoms with van der Waals surface area (Å²) >= 11 is 10.9. The van der Waals surface area contributed by atoms with Crippen LogP contribution in [0.5, 0.6) is 0 Å². The molecule has 0 radical (unpaired) electrons. The van der Waals surface area contributed by atoms with Gasteiger partial charge in [0, 0.05) is 6.54 Å². The van der Waals surface area contributed by atoms with Gasteiger partial charge >= 0.3 is 0 Å². The number of hydrogen-bond donors (Lipinski definition) is 0. The molecule has 1 aromatic carbocycles. The molecule has 0 N–H and O–H groups in total. The minimum atomic E-state index is -3.63. The van der Waals surface area contributed by atoms with Gasteiger partial charge in [0.25, 0.3) is 10.0 Å². The lowest BCUT2D eigenvalue weighted by atomic mass is 10.2. The number of sulfonamides is 1. The lowest BCUT2D eigenvalue weighted by molar-refractivity contribution is 0.595. The van der Waals surface area contributed by atoms with Gasteiger partial charge in [-0.3, -0.25) is 4.31 Å². The van der Waals surface area contributed by atoms with E-state index in [2.05, 4.69) is 0 Å². The van der Waals surface area contributed by atoms with E-state index in [1.807, 2.05) is 12.1 Å². The Balaban J connectivity index is 2.45. The molecule has 0 saturated heterocycles. The molecular weight excluding hydrogens is 257 g/mol. The minimum Gasteiger partial charge on any atom is -0.267 e. The van der Waals surface area contributed by atoms with Gasteiger partial charge in [0.2, 0.25) is 4.17 Å². The lowest BCUT2D eigenvalue weighted by Gasteiger charge is -2.19. The fourth-order valence-electron chi connectivity index (χ4n) is 1.67. The molecule has 1 aliphatic rings. The summed E-state index contributed by atoms with van der Waals surface area (Å²) in [6.07, 6.45) is 0.704. The van der Waals surface area contributed by atoms with Gasteiger partial charge in [0.15, 0.2) is 0 Å². The number of nitrogens with zero attached hydrogens (tertiary/aromatic N) is 1. The highest BCUT2D eigenvalue weighted by Gasteiger charge is 2.33. The van der Waals surface area contributed by atoms with Gasteiger partial charge < -0.3 is 0 Å². The van der Waals surface area contributed by atoms with Crippen LogP contribution < -0.4 is 4.31 Å². The maximum atomic E-state index is 11.8. The highest BCUT2D eigenvalue weighted by molar-refractivity contribution is 7.95. The number of halogens is 2.